The van der Waals surface area contributed by atoms with E-state index in [0.717, 1.165) is 10.0 Å². The number of benzene rings is 2. The Morgan fingerprint density at radius 3 is 2.57 bits per heavy atom. The highest BCUT2D eigenvalue weighted by atomic mass is 79.9. The highest BCUT2D eigenvalue weighted by Crippen LogP contribution is 2.33. The van der Waals surface area contributed by atoms with Crippen molar-refractivity contribution in [2.45, 2.75) is 6.92 Å². The Labute approximate surface area is 170 Å². The maximum absolute atomic E-state index is 12.6. The van der Waals surface area contributed by atoms with Gasteiger partial charge in [-0.3, -0.25) is 9.59 Å². The average Bonchev–Trinajstić information content (AvgIpc) is 2.69. The van der Waals surface area contributed by atoms with Crippen LogP contribution >= 0.6 is 15.9 Å². The number of nitrogens with one attached hydrogen (secondary N) is 1. The Kier molecular flexibility index (Phi) is 6.06. The zero-order valence-electron chi connectivity index (χ0n) is 15.2. The van der Waals surface area contributed by atoms with Gasteiger partial charge in [0.1, 0.15) is 17.3 Å². The fourth-order valence-corrected chi connectivity index (χ4v) is 2.84. The lowest BCUT2D eigenvalue weighted by molar-refractivity contribution is -0.131. The fraction of sp³-hybridized carbons (Fsp3) is 0.0952. The summed E-state index contributed by atoms with van der Waals surface area (Å²) >= 11 is 3.31. The van der Waals surface area contributed by atoms with Gasteiger partial charge in [0.25, 0.3) is 5.91 Å². The molecule has 3 rings (SSSR count). The molecule has 0 aliphatic carbocycles. The molecular formula is C21H17BrN2O4. The highest BCUT2D eigenvalue weighted by Gasteiger charge is 2.13. The summed E-state index contributed by atoms with van der Waals surface area (Å²) in [5.74, 6) is 0.760. The van der Waals surface area contributed by atoms with E-state index in [1.165, 1.54) is 6.92 Å². The Morgan fingerprint density at radius 2 is 1.89 bits per heavy atom. The van der Waals surface area contributed by atoms with Crippen molar-refractivity contribution >= 4 is 33.6 Å². The van der Waals surface area contributed by atoms with E-state index in [0.29, 0.717) is 28.4 Å². The van der Waals surface area contributed by atoms with Gasteiger partial charge in [0.05, 0.1) is 7.11 Å². The number of hydrogen-bond acceptors (Lipinski definition) is 5. The first-order valence-electron chi connectivity index (χ1n) is 8.36. The number of carbonyl (C=O) groups excluding carboxylic acids is 2. The summed E-state index contributed by atoms with van der Waals surface area (Å²) in [7, 11) is 1.56. The smallest absolute Gasteiger partial charge is 0.308 e. The van der Waals surface area contributed by atoms with Gasteiger partial charge in [0, 0.05) is 28.7 Å². The molecule has 0 bridgehead atoms. The number of methoxy groups -OCH3 is 1. The minimum absolute atomic E-state index is 0.296. The molecule has 0 saturated heterocycles. The molecule has 0 aliphatic rings. The summed E-state index contributed by atoms with van der Waals surface area (Å²) in [6.45, 7) is 1.34. The van der Waals surface area contributed by atoms with Crippen molar-refractivity contribution in [3.05, 3.63) is 70.8 Å². The lowest BCUT2D eigenvalue weighted by Crippen LogP contribution is -2.13. The van der Waals surface area contributed by atoms with E-state index in [2.05, 4.69) is 26.2 Å². The molecule has 0 saturated carbocycles. The number of amides is 1. The second-order valence-corrected chi connectivity index (χ2v) is 6.77. The van der Waals surface area contributed by atoms with Crippen molar-refractivity contribution in [1.82, 2.24) is 4.98 Å². The van der Waals surface area contributed by atoms with E-state index in [1.807, 2.05) is 6.07 Å². The molecule has 2 aromatic carbocycles. The predicted molar refractivity (Wildman–Crippen MR) is 110 cm³/mol. The minimum Gasteiger partial charge on any atom is -0.496 e. The molecule has 0 radical (unpaired) electrons. The molecule has 1 amide bonds. The Morgan fingerprint density at radius 1 is 1.07 bits per heavy atom. The van der Waals surface area contributed by atoms with Crippen LogP contribution in [0.2, 0.25) is 0 Å². The maximum Gasteiger partial charge on any atom is 0.308 e. The summed E-state index contributed by atoms with van der Waals surface area (Å²) < 4.78 is 11.4. The third-order valence-corrected chi connectivity index (χ3v) is 4.31. The quantitative estimate of drug-likeness (QED) is 0.459. The Hall–Kier alpha value is -3.19. The van der Waals surface area contributed by atoms with Crippen molar-refractivity contribution in [2.75, 3.05) is 12.4 Å². The van der Waals surface area contributed by atoms with Gasteiger partial charge < -0.3 is 14.8 Å². The lowest BCUT2D eigenvalue weighted by atomic mass is 10.0. The third kappa shape index (κ3) is 4.75. The van der Waals surface area contributed by atoms with Crippen LogP contribution in [0.15, 0.2) is 65.3 Å². The molecule has 1 aromatic heterocycles. The molecule has 3 aromatic rings. The maximum atomic E-state index is 12.6. The van der Waals surface area contributed by atoms with Gasteiger partial charge in [-0.2, -0.15) is 0 Å². The van der Waals surface area contributed by atoms with E-state index in [-0.39, 0.29) is 5.91 Å². The molecule has 0 atom stereocenters. The second-order valence-electron chi connectivity index (χ2n) is 5.85. The van der Waals surface area contributed by atoms with Gasteiger partial charge in [-0.15, -0.1) is 0 Å². The van der Waals surface area contributed by atoms with E-state index in [1.54, 1.807) is 61.8 Å². The summed E-state index contributed by atoms with van der Waals surface area (Å²) in [5.41, 5.74) is 1.90. The van der Waals surface area contributed by atoms with Gasteiger partial charge >= 0.3 is 5.97 Å². The van der Waals surface area contributed by atoms with E-state index in [4.69, 9.17) is 9.47 Å². The standard InChI is InChI=1S/C21H17BrN2O4/c1-13(25)28-17-5-3-4-14(10-17)18-11-15(6-8-19(18)27-2)21(26)24-20-9-7-16(22)12-23-20/h3-12H,1-2H3,(H,23,24,26). The van der Waals surface area contributed by atoms with E-state index >= 15 is 0 Å². The highest BCUT2D eigenvalue weighted by molar-refractivity contribution is 9.10. The van der Waals surface area contributed by atoms with E-state index < -0.39 is 5.97 Å². The summed E-state index contributed by atoms with van der Waals surface area (Å²) in [6, 6.07) is 15.6. The zero-order valence-corrected chi connectivity index (χ0v) is 16.8. The molecule has 28 heavy (non-hydrogen) atoms. The van der Waals surface area contributed by atoms with Crippen molar-refractivity contribution in [3.63, 3.8) is 0 Å². The molecule has 142 valence electrons. The number of anilines is 1. The first-order valence-corrected chi connectivity index (χ1v) is 9.15. The lowest BCUT2D eigenvalue weighted by Gasteiger charge is -2.12. The van der Waals surface area contributed by atoms with Crippen molar-refractivity contribution in [2.24, 2.45) is 0 Å². The number of nitrogens with zero attached hydrogens (tertiary/aromatic N) is 1. The van der Waals surface area contributed by atoms with Crippen LogP contribution in [0.3, 0.4) is 0 Å². The van der Waals surface area contributed by atoms with Crippen LogP contribution in [0.5, 0.6) is 11.5 Å². The molecule has 0 aliphatic heterocycles. The van der Waals surface area contributed by atoms with Gasteiger partial charge in [-0.05, 0) is 64.0 Å². The second kappa shape index (κ2) is 8.67. The van der Waals surface area contributed by atoms with Gasteiger partial charge in [-0.25, -0.2) is 4.98 Å². The number of aromatic nitrogens is 1. The molecule has 1 heterocycles. The number of halogens is 1. The van der Waals surface area contributed by atoms with Crippen LogP contribution in [0.25, 0.3) is 11.1 Å². The summed E-state index contributed by atoms with van der Waals surface area (Å²) in [4.78, 5) is 28.0. The SMILES string of the molecule is COc1ccc(C(=O)Nc2ccc(Br)cn2)cc1-c1cccc(OC(C)=O)c1. The number of rotatable bonds is 5. The van der Waals surface area contributed by atoms with Crippen LogP contribution in [0.1, 0.15) is 17.3 Å². The third-order valence-electron chi connectivity index (χ3n) is 3.84. The van der Waals surface area contributed by atoms with Crippen molar-refractivity contribution < 1.29 is 19.1 Å². The first kappa shape index (κ1) is 19.6. The fourth-order valence-electron chi connectivity index (χ4n) is 2.61. The molecule has 0 fully saturated rings. The van der Waals surface area contributed by atoms with Gasteiger partial charge in [0.2, 0.25) is 0 Å². The number of esters is 1. The topological polar surface area (TPSA) is 77.5 Å². The summed E-state index contributed by atoms with van der Waals surface area (Å²) in [5, 5.41) is 2.76. The molecule has 7 heteroatoms. The molecule has 0 spiro atoms. The zero-order chi connectivity index (χ0) is 20.1. The monoisotopic (exact) mass is 440 g/mol. The van der Waals surface area contributed by atoms with Crippen LogP contribution in [-0.4, -0.2) is 24.0 Å². The van der Waals surface area contributed by atoms with E-state index in [9.17, 15) is 9.59 Å². The van der Waals surface area contributed by atoms with Gasteiger partial charge in [-0.1, -0.05) is 12.1 Å². The summed E-state index contributed by atoms with van der Waals surface area (Å²) in [6.07, 6.45) is 1.61. The number of carbonyl (C=O) groups is 2. The first-order chi connectivity index (χ1) is 13.5. The number of pyridine rings is 1. The van der Waals surface area contributed by atoms with Crippen molar-refractivity contribution in [1.29, 1.82) is 0 Å². The number of ether oxygens (including phenoxy) is 2. The largest absolute Gasteiger partial charge is 0.496 e. The minimum atomic E-state index is -0.403. The molecule has 1 N–H and O–H groups in total. The van der Waals surface area contributed by atoms with Crippen molar-refractivity contribution in [3.8, 4) is 22.6 Å². The Bertz CT molecular complexity index is 1020. The van der Waals surface area contributed by atoms with Gasteiger partial charge in [0.15, 0.2) is 0 Å². The predicted octanol–water partition coefficient (Wildman–Crippen LogP) is 4.70. The molecule has 6 nitrogen and oxygen atoms in total. The van der Waals surface area contributed by atoms with Crippen LogP contribution < -0.4 is 14.8 Å². The normalized spacial score (nSPS) is 10.2. The molecule has 0 unspecified atom stereocenters. The Balaban J connectivity index is 1.92. The van der Waals surface area contributed by atoms with Crippen LogP contribution in [0.4, 0.5) is 5.82 Å². The molecular weight excluding hydrogens is 424 g/mol. The average molecular weight is 441 g/mol. The van der Waals surface area contributed by atoms with Crippen LogP contribution in [0, 0.1) is 0 Å². The van der Waals surface area contributed by atoms with Crippen LogP contribution in [-0.2, 0) is 4.79 Å². The number of hydrogen-bond donors (Lipinski definition) is 1.